The van der Waals surface area contributed by atoms with E-state index in [-0.39, 0.29) is 5.75 Å². The number of nitrogens with zero attached hydrogens (tertiary/aromatic N) is 2. The highest BCUT2D eigenvalue weighted by molar-refractivity contribution is 7.80. The molecule has 0 aliphatic heterocycles. The van der Waals surface area contributed by atoms with Crippen molar-refractivity contribution in [1.29, 1.82) is 0 Å². The van der Waals surface area contributed by atoms with Gasteiger partial charge in [-0.2, -0.15) is 0 Å². The SMILES string of the molecule is Oc1ccc(-c2cnc(CC(=S)Cc3ccccc3)c(Cc3ccccc3)n2)cc1. The maximum Gasteiger partial charge on any atom is 0.115 e. The van der Waals surface area contributed by atoms with E-state index in [0.29, 0.717) is 12.8 Å². The van der Waals surface area contributed by atoms with Crippen molar-refractivity contribution in [3.63, 3.8) is 0 Å². The fraction of sp³-hybridized carbons (Fsp3) is 0.115. The Morgan fingerprint density at radius 1 is 0.733 bits per heavy atom. The van der Waals surface area contributed by atoms with Crippen molar-refractivity contribution in [1.82, 2.24) is 9.97 Å². The Hall–Kier alpha value is -3.37. The molecule has 0 radical (unpaired) electrons. The molecule has 0 amide bonds. The third-order valence-electron chi connectivity index (χ3n) is 4.92. The van der Waals surface area contributed by atoms with Gasteiger partial charge in [0.25, 0.3) is 0 Å². The van der Waals surface area contributed by atoms with Crippen LogP contribution in [0.2, 0.25) is 0 Å². The Labute approximate surface area is 182 Å². The molecule has 148 valence electrons. The van der Waals surface area contributed by atoms with Gasteiger partial charge in [-0.15, -0.1) is 0 Å². The molecule has 0 atom stereocenters. The quantitative estimate of drug-likeness (QED) is 0.403. The maximum absolute atomic E-state index is 9.57. The van der Waals surface area contributed by atoms with Crippen molar-refractivity contribution in [2.45, 2.75) is 19.3 Å². The van der Waals surface area contributed by atoms with Crippen LogP contribution >= 0.6 is 12.2 Å². The molecule has 1 N–H and O–H groups in total. The van der Waals surface area contributed by atoms with Crippen molar-refractivity contribution in [2.24, 2.45) is 0 Å². The normalized spacial score (nSPS) is 10.7. The van der Waals surface area contributed by atoms with Crippen LogP contribution in [-0.4, -0.2) is 19.9 Å². The van der Waals surface area contributed by atoms with Crippen molar-refractivity contribution in [3.05, 3.63) is 114 Å². The average Bonchev–Trinajstić information content (AvgIpc) is 2.77. The summed E-state index contributed by atoms with van der Waals surface area (Å²) in [4.78, 5) is 10.6. The second-order valence-electron chi connectivity index (χ2n) is 7.24. The van der Waals surface area contributed by atoms with Crippen LogP contribution in [-0.2, 0) is 19.3 Å². The molecule has 0 fully saturated rings. The first-order valence-electron chi connectivity index (χ1n) is 9.91. The first-order chi connectivity index (χ1) is 14.7. The minimum absolute atomic E-state index is 0.235. The van der Waals surface area contributed by atoms with Gasteiger partial charge < -0.3 is 5.11 Å². The highest BCUT2D eigenvalue weighted by atomic mass is 32.1. The highest BCUT2D eigenvalue weighted by Crippen LogP contribution is 2.22. The Morgan fingerprint density at radius 2 is 1.37 bits per heavy atom. The van der Waals surface area contributed by atoms with Crippen molar-refractivity contribution < 1.29 is 5.11 Å². The van der Waals surface area contributed by atoms with Crippen LogP contribution in [0, 0.1) is 0 Å². The monoisotopic (exact) mass is 410 g/mol. The molecule has 1 aromatic heterocycles. The topological polar surface area (TPSA) is 46.0 Å². The Bertz CT molecular complexity index is 1130. The zero-order valence-corrected chi connectivity index (χ0v) is 17.3. The molecule has 0 aliphatic rings. The number of thiocarbonyl (C=S) groups is 1. The average molecular weight is 411 g/mol. The van der Waals surface area contributed by atoms with Crippen LogP contribution in [0.3, 0.4) is 0 Å². The number of rotatable bonds is 7. The number of phenolic OH excluding ortho intramolecular Hbond substituents is 1. The number of aromatic hydroxyl groups is 1. The predicted molar refractivity (Wildman–Crippen MR) is 125 cm³/mol. The van der Waals surface area contributed by atoms with E-state index in [4.69, 9.17) is 22.2 Å². The lowest BCUT2D eigenvalue weighted by atomic mass is 10.0. The summed E-state index contributed by atoms with van der Waals surface area (Å²) in [6.07, 6.45) is 3.86. The van der Waals surface area contributed by atoms with Gasteiger partial charge >= 0.3 is 0 Å². The summed E-state index contributed by atoms with van der Waals surface area (Å²) in [7, 11) is 0. The third-order valence-corrected chi connectivity index (χ3v) is 5.21. The second kappa shape index (κ2) is 9.42. The van der Waals surface area contributed by atoms with Crippen LogP contribution in [0.25, 0.3) is 11.3 Å². The summed E-state index contributed by atoms with van der Waals surface area (Å²) in [5.41, 5.74) is 5.96. The van der Waals surface area contributed by atoms with Crippen LogP contribution < -0.4 is 0 Å². The number of aromatic nitrogens is 2. The minimum atomic E-state index is 0.235. The van der Waals surface area contributed by atoms with E-state index in [2.05, 4.69) is 24.3 Å². The first kappa shape index (κ1) is 19.9. The molecule has 3 nitrogen and oxygen atoms in total. The van der Waals surface area contributed by atoms with E-state index in [1.807, 2.05) is 48.5 Å². The van der Waals surface area contributed by atoms with Gasteiger partial charge in [0, 0.05) is 29.7 Å². The lowest BCUT2D eigenvalue weighted by Gasteiger charge is -2.12. The lowest BCUT2D eigenvalue weighted by Crippen LogP contribution is -2.10. The van der Waals surface area contributed by atoms with Gasteiger partial charge in [0.2, 0.25) is 0 Å². The third kappa shape index (κ3) is 5.16. The van der Waals surface area contributed by atoms with Gasteiger partial charge in [-0.3, -0.25) is 4.98 Å². The Kier molecular flexibility index (Phi) is 6.26. The molecular formula is C26H22N2OS. The van der Waals surface area contributed by atoms with Gasteiger partial charge in [0.15, 0.2) is 0 Å². The molecular weight excluding hydrogens is 388 g/mol. The summed E-state index contributed by atoms with van der Waals surface area (Å²) in [5, 5.41) is 9.57. The van der Waals surface area contributed by atoms with Crippen molar-refractivity contribution >= 4 is 17.1 Å². The summed E-state index contributed by atoms with van der Waals surface area (Å²) >= 11 is 5.69. The largest absolute Gasteiger partial charge is 0.508 e. The fourth-order valence-electron chi connectivity index (χ4n) is 3.37. The molecule has 0 unspecified atom stereocenters. The van der Waals surface area contributed by atoms with E-state index in [9.17, 15) is 5.11 Å². The standard InChI is InChI=1S/C26H22N2OS/c29-22-13-11-21(12-14-22)26-18-27-24(17-23(30)15-19-7-3-1-4-8-19)25(28-26)16-20-9-5-2-6-10-20/h1-14,18,29H,15-17H2. The Morgan fingerprint density at radius 3 is 2.03 bits per heavy atom. The number of phenols is 1. The van der Waals surface area contributed by atoms with Gasteiger partial charge in [0.05, 0.1) is 23.3 Å². The molecule has 4 aromatic rings. The molecule has 30 heavy (non-hydrogen) atoms. The lowest BCUT2D eigenvalue weighted by molar-refractivity contribution is 0.475. The van der Waals surface area contributed by atoms with Gasteiger partial charge in [0.1, 0.15) is 5.75 Å². The summed E-state index contributed by atoms with van der Waals surface area (Å²) in [6.45, 7) is 0. The predicted octanol–water partition coefficient (Wildman–Crippen LogP) is 5.60. The molecule has 1 heterocycles. The molecule has 4 heteroatoms. The minimum Gasteiger partial charge on any atom is -0.508 e. The smallest absolute Gasteiger partial charge is 0.115 e. The summed E-state index contributed by atoms with van der Waals surface area (Å²) < 4.78 is 0. The first-order valence-corrected chi connectivity index (χ1v) is 10.3. The molecule has 4 rings (SSSR count). The zero-order chi connectivity index (χ0) is 20.8. The van der Waals surface area contributed by atoms with Crippen molar-refractivity contribution in [3.8, 4) is 17.0 Å². The molecule has 3 aromatic carbocycles. The molecule has 0 saturated carbocycles. The van der Waals surface area contributed by atoms with Crippen LogP contribution in [0.1, 0.15) is 22.5 Å². The zero-order valence-electron chi connectivity index (χ0n) is 16.5. The fourth-order valence-corrected chi connectivity index (χ4v) is 3.68. The van der Waals surface area contributed by atoms with Crippen LogP contribution in [0.4, 0.5) is 0 Å². The summed E-state index contributed by atoms with van der Waals surface area (Å²) in [6, 6.07) is 27.6. The summed E-state index contributed by atoms with van der Waals surface area (Å²) in [5.74, 6) is 0.235. The van der Waals surface area contributed by atoms with Crippen LogP contribution in [0.5, 0.6) is 5.75 Å². The van der Waals surface area contributed by atoms with E-state index >= 15 is 0 Å². The van der Waals surface area contributed by atoms with Crippen molar-refractivity contribution in [2.75, 3.05) is 0 Å². The number of benzene rings is 3. The van der Waals surface area contributed by atoms with Gasteiger partial charge in [-0.25, -0.2) is 4.98 Å². The van der Waals surface area contributed by atoms with E-state index in [0.717, 1.165) is 33.9 Å². The van der Waals surface area contributed by atoms with E-state index < -0.39 is 0 Å². The van der Waals surface area contributed by atoms with E-state index in [1.165, 1.54) is 11.1 Å². The van der Waals surface area contributed by atoms with Gasteiger partial charge in [-0.1, -0.05) is 72.9 Å². The Balaban J connectivity index is 1.62. The van der Waals surface area contributed by atoms with Crippen LogP contribution in [0.15, 0.2) is 91.1 Å². The molecule has 0 aliphatic carbocycles. The van der Waals surface area contributed by atoms with E-state index in [1.54, 1.807) is 18.3 Å². The number of hydrogen-bond donors (Lipinski definition) is 1. The van der Waals surface area contributed by atoms with Gasteiger partial charge in [-0.05, 0) is 35.4 Å². The number of hydrogen-bond acceptors (Lipinski definition) is 4. The molecule has 0 saturated heterocycles. The molecule has 0 bridgehead atoms. The highest BCUT2D eigenvalue weighted by Gasteiger charge is 2.12. The second-order valence-corrected chi connectivity index (χ2v) is 7.81. The maximum atomic E-state index is 9.57. The molecule has 0 spiro atoms.